The fourth-order valence-corrected chi connectivity index (χ4v) is 4.02. The van der Waals surface area contributed by atoms with Crippen LogP contribution < -0.4 is 24.4 Å². The number of hydrogen-bond acceptors (Lipinski definition) is 6. The molecule has 4 rings (SSSR count). The maximum absolute atomic E-state index is 13.6. The van der Waals surface area contributed by atoms with Crippen molar-refractivity contribution < 1.29 is 23.4 Å². The van der Waals surface area contributed by atoms with E-state index in [2.05, 4.69) is 6.92 Å². The van der Waals surface area contributed by atoms with Crippen molar-refractivity contribution >= 4 is 11.0 Å². The lowest BCUT2D eigenvalue weighted by atomic mass is 10.0. The fourth-order valence-electron chi connectivity index (χ4n) is 4.02. The molecule has 0 aliphatic heterocycles. The zero-order valence-corrected chi connectivity index (χ0v) is 20.6. The minimum atomic E-state index is -0.229. The summed E-state index contributed by atoms with van der Waals surface area (Å²) in [6.45, 7) is 2.38. The molecule has 0 spiro atoms. The minimum absolute atomic E-state index is 0.136. The summed E-state index contributed by atoms with van der Waals surface area (Å²) in [7, 11) is 4.64. The van der Waals surface area contributed by atoms with Crippen molar-refractivity contribution in [1.82, 2.24) is 0 Å². The van der Waals surface area contributed by atoms with E-state index < -0.39 is 0 Å². The van der Waals surface area contributed by atoms with Gasteiger partial charge in [0.2, 0.25) is 16.9 Å². The Labute approximate surface area is 205 Å². The maximum atomic E-state index is 13.6. The predicted molar refractivity (Wildman–Crippen MR) is 137 cm³/mol. The first kappa shape index (κ1) is 24.2. The Kier molecular flexibility index (Phi) is 7.60. The van der Waals surface area contributed by atoms with E-state index in [0.717, 1.165) is 30.4 Å². The average molecular weight is 475 g/mol. The van der Waals surface area contributed by atoms with Gasteiger partial charge in [-0.3, -0.25) is 4.79 Å². The van der Waals surface area contributed by atoms with Gasteiger partial charge in [-0.05, 0) is 48.2 Å². The average Bonchev–Trinajstić information content (AvgIpc) is 2.90. The van der Waals surface area contributed by atoms with E-state index in [1.54, 1.807) is 33.5 Å². The lowest BCUT2D eigenvalue weighted by Crippen LogP contribution is -2.10. The zero-order chi connectivity index (χ0) is 24.8. The maximum Gasteiger partial charge on any atom is 0.235 e. The molecule has 0 aliphatic rings. The molecule has 3 aromatic carbocycles. The molecule has 0 unspecified atom stereocenters. The van der Waals surface area contributed by atoms with Crippen LogP contribution in [0.1, 0.15) is 30.9 Å². The summed E-state index contributed by atoms with van der Waals surface area (Å²) >= 11 is 0. The monoisotopic (exact) mass is 474 g/mol. The van der Waals surface area contributed by atoms with Gasteiger partial charge in [0.15, 0.2) is 17.3 Å². The Balaban J connectivity index is 1.91. The van der Waals surface area contributed by atoms with Crippen molar-refractivity contribution in [1.29, 1.82) is 0 Å². The molecule has 0 saturated carbocycles. The summed E-state index contributed by atoms with van der Waals surface area (Å²) in [5.74, 6) is 1.81. The van der Waals surface area contributed by atoms with Crippen molar-refractivity contribution in [2.75, 3.05) is 21.3 Å². The summed E-state index contributed by atoms with van der Waals surface area (Å²) in [6.07, 6.45) is 3.07. The van der Waals surface area contributed by atoms with Gasteiger partial charge in [-0.15, -0.1) is 0 Å². The lowest BCUT2D eigenvalue weighted by molar-refractivity contribution is 0.297. The third kappa shape index (κ3) is 5.11. The summed E-state index contributed by atoms with van der Waals surface area (Å²) < 4.78 is 29.0. The summed E-state index contributed by atoms with van der Waals surface area (Å²) in [5, 5.41) is 0.476. The molecule has 0 bridgehead atoms. The van der Waals surface area contributed by atoms with Gasteiger partial charge < -0.3 is 23.4 Å². The number of ether oxygens (including phenoxy) is 4. The third-order valence-corrected chi connectivity index (χ3v) is 5.89. The highest BCUT2D eigenvalue weighted by Crippen LogP contribution is 2.43. The molecule has 1 aromatic heterocycles. The van der Waals surface area contributed by atoms with Gasteiger partial charge >= 0.3 is 0 Å². The normalized spacial score (nSPS) is 10.9. The number of hydrogen-bond donors (Lipinski definition) is 0. The van der Waals surface area contributed by atoms with Gasteiger partial charge in [0.05, 0.1) is 26.7 Å². The predicted octanol–water partition coefficient (Wildman–Crippen LogP) is 6.41. The first-order chi connectivity index (χ1) is 17.1. The second-order valence-electron chi connectivity index (χ2n) is 8.21. The molecule has 182 valence electrons. The van der Waals surface area contributed by atoms with Crippen LogP contribution in [0.25, 0.3) is 22.3 Å². The highest BCUT2D eigenvalue weighted by molar-refractivity contribution is 5.83. The number of benzene rings is 3. The highest BCUT2D eigenvalue weighted by atomic mass is 16.5. The molecule has 1 heterocycles. The van der Waals surface area contributed by atoms with Crippen LogP contribution in [0.2, 0.25) is 0 Å². The van der Waals surface area contributed by atoms with Gasteiger partial charge in [-0.1, -0.05) is 49.7 Å². The molecule has 0 radical (unpaired) electrons. The van der Waals surface area contributed by atoms with E-state index in [-0.39, 0.29) is 17.8 Å². The smallest absolute Gasteiger partial charge is 0.235 e. The van der Waals surface area contributed by atoms with Gasteiger partial charge in [0.25, 0.3) is 0 Å². The van der Waals surface area contributed by atoms with E-state index in [1.165, 1.54) is 0 Å². The van der Waals surface area contributed by atoms with Crippen LogP contribution >= 0.6 is 0 Å². The largest absolute Gasteiger partial charge is 0.493 e. The van der Waals surface area contributed by atoms with Crippen LogP contribution in [0.3, 0.4) is 0 Å². The zero-order valence-electron chi connectivity index (χ0n) is 20.6. The Morgan fingerprint density at radius 3 is 2.14 bits per heavy atom. The first-order valence-corrected chi connectivity index (χ1v) is 11.7. The molecule has 4 aromatic rings. The van der Waals surface area contributed by atoms with Crippen LogP contribution in [-0.2, 0) is 13.0 Å². The van der Waals surface area contributed by atoms with E-state index in [9.17, 15) is 4.79 Å². The second kappa shape index (κ2) is 11.0. The lowest BCUT2D eigenvalue weighted by Gasteiger charge is -2.16. The number of unbranched alkanes of at least 4 members (excludes halogenated alkanes) is 1. The molecule has 0 N–H and O–H groups in total. The van der Waals surface area contributed by atoms with Crippen molar-refractivity contribution in [3.05, 3.63) is 82.0 Å². The highest BCUT2D eigenvalue weighted by Gasteiger charge is 2.22. The fraction of sp³-hybridized carbons (Fsp3) is 0.276. The van der Waals surface area contributed by atoms with Crippen molar-refractivity contribution in [3.63, 3.8) is 0 Å². The van der Waals surface area contributed by atoms with Crippen molar-refractivity contribution in [2.45, 2.75) is 32.8 Å². The van der Waals surface area contributed by atoms with Crippen LogP contribution in [0.5, 0.6) is 23.0 Å². The minimum Gasteiger partial charge on any atom is -0.493 e. The Hall–Kier alpha value is -3.93. The summed E-state index contributed by atoms with van der Waals surface area (Å²) in [6, 6.07) is 18.9. The molecule has 6 nitrogen and oxygen atoms in total. The first-order valence-electron chi connectivity index (χ1n) is 11.7. The Morgan fingerprint density at radius 1 is 0.800 bits per heavy atom. The van der Waals surface area contributed by atoms with Crippen molar-refractivity contribution in [3.8, 4) is 34.3 Å². The van der Waals surface area contributed by atoms with Gasteiger partial charge in [0.1, 0.15) is 12.2 Å². The number of methoxy groups -OCH3 is 3. The van der Waals surface area contributed by atoms with Crippen LogP contribution in [0, 0.1) is 0 Å². The Morgan fingerprint density at radius 2 is 1.51 bits per heavy atom. The van der Waals surface area contributed by atoms with Crippen molar-refractivity contribution in [2.24, 2.45) is 0 Å². The molecule has 0 amide bonds. The van der Waals surface area contributed by atoms with E-state index >= 15 is 0 Å². The quantitative estimate of drug-likeness (QED) is 0.265. The second-order valence-corrected chi connectivity index (χ2v) is 8.21. The third-order valence-electron chi connectivity index (χ3n) is 5.89. The van der Waals surface area contributed by atoms with Gasteiger partial charge in [0, 0.05) is 5.56 Å². The molecular formula is C29H30O6. The van der Waals surface area contributed by atoms with Crippen LogP contribution in [-0.4, -0.2) is 21.3 Å². The molecular weight excluding hydrogens is 444 g/mol. The van der Waals surface area contributed by atoms with E-state index in [4.69, 9.17) is 23.4 Å². The van der Waals surface area contributed by atoms with Crippen LogP contribution in [0.15, 0.2) is 69.9 Å². The molecule has 0 fully saturated rings. The molecule has 0 saturated heterocycles. The Bertz CT molecular complexity index is 1330. The number of aryl methyl sites for hydroxylation is 1. The number of fused-ring (bicyclic) bond motifs is 1. The summed E-state index contributed by atoms with van der Waals surface area (Å²) in [4.78, 5) is 13.6. The molecule has 0 atom stereocenters. The molecule has 6 heteroatoms. The standard InChI is InChI=1S/C29H30O6/c1-5-6-10-19-13-14-22-23(15-19)35-27(21-16-24(31-2)28(33-4)25(17-21)32-3)29(26(22)30)34-18-20-11-8-7-9-12-20/h7-9,11-17H,5-6,10,18H2,1-4H3. The van der Waals surface area contributed by atoms with E-state index in [1.807, 2.05) is 48.5 Å². The van der Waals surface area contributed by atoms with Gasteiger partial charge in [-0.2, -0.15) is 0 Å². The van der Waals surface area contributed by atoms with E-state index in [0.29, 0.717) is 39.5 Å². The summed E-state index contributed by atoms with van der Waals surface area (Å²) in [5.41, 5.74) is 2.93. The topological polar surface area (TPSA) is 67.1 Å². The van der Waals surface area contributed by atoms with Gasteiger partial charge in [-0.25, -0.2) is 0 Å². The van der Waals surface area contributed by atoms with Crippen LogP contribution in [0.4, 0.5) is 0 Å². The number of rotatable bonds is 10. The SMILES string of the molecule is CCCCc1ccc2c(=O)c(OCc3ccccc3)c(-c3cc(OC)c(OC)c(OC)c3)oc2c1. The molecule has 35 heavy (non-hydrogen) atoms. The molecule has 0 aliphatic carbocycles.